The van der Waals surface area contributed by atoms with Gasteiger partial charge in [-0.1, -0.05) is 12.1 Å². The number of hydrogen-bond donors (Lipinski definition) is 0. The van der Waals surface area contributed by atoms with Gasteiger partial charge in [-0.25, -0.2) is 9.78 Å². The molecule has 1 amide bonds. The first-order valence-corrected chi connectivity index (χ1v) is 16.0. The van der Waals surface area contributed by atoms with Crippen LogP contribution in [0, 0.1) is 0 Å². The lowest BCUT2D eigenvalue weighted by Crippen LogP contribution is -2.60. The first-order chi connectivity index (χ1) is 22.0. The molecule has 0 spiro atoms. The van der Waals surface area contributed by atoms with Crippen molar-refractivity contribution in [2.75, 3.05) is 55.8 Å². The highest BCUT2D eigenvalue weighted by Crippen LogP contribution is 2.45. The standard InChI is InChI=1S/C31H32F6N5O4S/c1-29(2,3)46-28(44)25-20(27(43)40-13-15-47-18-40)17-42(14-5-7-22(25)42)41-11-9-39(10-12-41)21-16-24(30(32,33)34)38-26-19(21)6-4-8-23(26)45-31(35,36)37/h4-8,14,16H,9-13,15,17-18H2,1-3H3/q+1/t42-/m1/s1. The average molecular weight is 685 g/mol. The van der Waals surface area contributed by atoms with Crippen LogP contribution >= 0.6 is 11.8 Å². The number of ether oxygens (including phenoxy) is 2. The monoisotopic (exact) mass is 684 g/mol. The summed E-state index contributed by atoms with van der Waals surface area (Å²) in [4.78, 5) is 34.3. The third-order valence-electron chi connectivity index (χ3n) is 8.26. The van der Waals surface area contributed by atoms with Crippen molar-refractivity contribution in [1.82, 2.24) is 14.9 Å². The number of aromatic nitrogens is 1. The van der Waals surface area contributed by atoms with Crippen molar-refractivity contribution in [3.05, 3.63) is 65.2 Å². The smallest absolute Gasteiger partial charge is 0.456 e. The predicted molar refractivity (Wildman–Crippen MR) is 161 cm³/mol. The van der Waals surface area contributed by atoms with E-state index in [9.17, 15) is 35.9 Å². The zero-order valence-corrected chi connectivity index (χ0v) is 26.6. The first-order valence-electron chi connectivity index (χ1n) is 14.9. The van der Waals surface area contributed by atoms with Crippen molar-refractivity contribution in [2.45, 2.75) is 38.9 Å². The number of alkyl halides is 6. The van der Waals surface area contributed by atoms with Crippen LogP contribution in [0.2, 0.25) is 0 Å². The molecule has 47 heavy (non-hydrogen) atoms. The Bertz CT molecular complexity index is 1700. The van der Waals surface area contributed by atoms with Gasteiger partial charge in [-0.05, 0) is 39.0 Å². The minimum Gasteiger partial charge on any atom is -0.456 e. The summed E-state index contributed by atoms with van der Waals surface area (Å²) >= 11 is 1.62. The van der Waals surface area contributed by atoms with Crippen LogP contribution in [0.4, 0.5) is 32.0 Å². The molecule has 0 unspecified atom stereocenters. The summed E-state index contributed by atoms with van der Waals surface area (Å²) in [5.41, 5.74) is -1.52. The van der Waals surface area contributed by atoms with Crippen LogP contribution in [0.1, 0.15) is 26.5 Å². The van der Waals surface area contributed by atoms with Gasteiger partial charge < -0.3 is 19.3 Å². The zero-order chi connectivity index (χ0) is 33.9. The second-order valence-corrected chi connectivity index (χ2v) is 13.6. The number of allylic oxidation sites excluding steroid dienone is 2. The molecular formula is C31H32F6N5O4S+. The highest BCUT2D eigenvalue weighted by atomic mass is 32.2. The third kappa shape index (κ3) is 6.42. The van der Waals surface area contributed by atoms with Crippen molar-refractivity contribution in [1.29, 1.82) is 0 Å². The Morgan fingerprint density at radius 2 is 1.72 bits per heavy atom. The van der Waals surface area contributed by atoms with Gasteiger partial charge in [0.05, 0.1) is 24.5 Å². The van der Waals surface area contributed by atoms with E-state index in [4.69, 9.17) is 4.74 Å². The molecule has 16 heteroatoms. The van der Waals surface area contributed by atoms with E-state index in [-0.39, 0.29) is 59.9 Å². The van der Waals surface area contributed by atoms with E-state index < -0.39 is 41.1 Å². The Morgan fingerprint density at radius 3 is 2.34 bits per heavy atom. The van der Waals surface area contributed by atoms with E-state index in [1.807, 2.05) is 11.2 Å². The predicted octanol–water partition coefficient (Wildman–Crippen LogP) is 5.60. The second-order valence-electron chi connectivity index (χ2n) is 12.5. The fourth-order valence-corrected chi connectivity index (χ4v) is 7.28. The summed E-state index contributed by atoms with van der Waals surface area (Å²) in [6.45, 7) is 6.89. The normalized spacial score (nSPS) is 22.3. The Labute approximate surface area is 270 Å². The summed E-state index contributed by atoms with van der Waals surface area (Å²) in [6.07, 6.45) is -4.61. The Morgan fingerprint density at radius 1 is 1.00 bits per heavy atom. The lowest BCUT2D eigenvalue weighted by Gasteiger charge is -2.44. The number of halogens is 6. The molecular weight excluding hydrogens is 652 g/mol. The number of rotatable bonds is 5. The van der Waals surface area contributed by atoms with Crippen LogP contribution in [0.25, 0.3) is 10.9 Å². The lowest BCUT2D eigenvalue weighted by atomic mass is 10.1. The number of carbonyl (C=O) groups excluding carboxylic acids is 2. The number of fused-ring (bicyclic) bond motifs is 2. The maximum absolute atomic E-state index is 13.9. The van der Waals surface area contributed by atoms with Crippen LogP contribution in [0.5, 0.6) is 5.75 Å². The largest absolute Gasteiger partial charge is 0.573 e. The van der Waals surface area contributed by atoms with Crippen molar-refractivity contribution in [3.8, 4) is 5.75 Å². The molecule has 9 nitrogen and oxygen atoms in total. The van der Waals surface area contributed by atoms with Gasteiger partial charge in [-0.15, -0.1) is 29.9 Å². The Hall–Kier alpha value is -3.76. The maximum Gasteiger partial charge on any atom is 0.573 e. The molecule has 0 saturated carbocycles. The van der Waals surface area contributed by atoms with Crippen LogP contribution in [-0.2, 0) is 20.5 Å². The van der Waals surface area contributed by atoms with Crippen LogP contribution in [-0.4, -0.2) is 94.2 Å². The topological polar surface area (TPSA) is 75.2 Å². The van der Waals surface area contributed by atoms with E-state index in [1.54, 1.807) is 54.5 Å². The number of quaternary nitrogens is 1. The lowest BCUT2D eigenvalue weighted by molar-refractivity contribution is -0.948. The van der Waals surface area contributed by atoms with E-state index in [2.05, 4.69) is 9.72 Å². The maximum atomic E-state index is 13.9. The summed E-state index contributed by atoms with van der Waals surface area (Å²) in [5, 5.41) is 2.11. The molecule has 0 aliphatic carbocycles. The molecule has 5 heterocycles. The highest BCUT2D eigenvalue weighted by Gasteiger charge is 2.55. The number of nitrogens with zero attached hydrogens (tertiary/aromatic N) is 5. The highest BCUT2D eigenvalue weighted by molar-refractivity contribution is 7.99. The zero-order valence-electron chi connectivity index (χ0n) is 25.7. The number of piperazine rings is 1. The minimum absolute atomic E-state index is 0.0406. The number of anilines is 1. The molecule has 4 aliphatic rings. The van der Waals surface area contributed by atoms with Gasteiger partial charge in [-0.2, -0.15) is 17.8 Å². The van der Waals surface area contributed by atoms with Crippen LogP contribution < -0.4 is 9.64 Å². The summed E-state index contributed by atoms with van der Waals surface area (Å²) in [7, 11) is 0. The molecule has 4 aliphatic heterocycles. The van der Waals surface area contributed by atoms with Gasteiger partial charge in [0, 0.05) is 42.5 Å². The number of amides is 1. The van der Waals surface area contributed by atoms with Gasteiger partial charge in [0.25, 0.3) is 5.91 Å². The number of pyridine rings is 1. The number of benzene rings is 1. The molecule has 1 atom stereocenters. The molecule has 252 valence electrons. The molecule has 2 saturated heterocycles. The fraction of sp³-hybridized carbons (Fsp3) is 0.452. The molecule has 0 bridgehead atoms. The van der Waals surface area contributed by atoms with Crippen molar-refractivity contribution in [2.24, 2.45) is 0 Å². The fourth-order valence-electron chi connectivity index (χ4n) is 6.33. The Balaban J connectivity index is 1.31. The summed E-state index contributed by atoms with van der Waals surface area (Å²) in [5.74, 6) is -0.388. The number of hydrogen-bond acceptors (Lipinski definition) is 8. The molecule has 6 rings (SSSR count). The van der Waals surface area contributed by atoms with Gasteiger partial charge in [0.1, 0.15) is 35.1 Å². The molecule has 2 aromatic rings. The number of esters is 1. The molecule has 1 aromatic carbocycles. The molecule has 0 N–H and O–H groups in total. The Kier molecular flexibility index (Phi) is 8.28. The number of para-hydroxylation sites is 1. The molecule has 0 radical (unpaired) electrons. The summed E-state index contributed by atoms with van der Waals surface area (Å²) in [6, 6.07) is 4.45. The third-order valence-corrected chi connectivity index (χ3v) is 9.23. The first kappa shape index (κ1) is 33.2. The van der Waals surface area contributed by atoms with E-state index in [0.717, 1.165) is 17.9 Å². The van der Waals surface area contributed by atoms with Gasteiger partial charge in [0.2, 0.25) is 0 Å². The molecule has 2 fully saturated rings. The van der Waals surface area contributed by atoms with Gasteiger partial charge in [0.15, 0.2) is 11.4 Å². The van der Waals surface area contributed by atoms with E-state index in [0.29, 0.717) is 23.7 Å². The van der Waals surface area contributed by atoms with Crippen LogP contribution in [0.15, 0.2) is 59.5 Å². The second kappa shape index (κ2) is 11.7. The van der Waals surface area contributed by atoms with Crippen molar-refractivity contribution >= 4 is 40.2 Å². The summed E-state index contributed by atoms with van der Waals surface area (Å²) < 4.78 is 90.9. The molecule has 1 aromatic heterocycles. The van der Waals surface area contributed by atoms with Gasteiger partial charge >= 0.3 is 18.5 Å². The number of carbonyl (C=O) groups is 2. The SMILES string of the molecule is CC(C)(C)OC(=O)C1=C(C(=O)N2CCSC2)C[N@+]2(N3CCN(c4cc(C(F)(F)F)nc5c(OC(F)(F)F)cccc45)CC3)C=CC=C12. The van der Waals surface area contributed by atoms with Crippen molar-refractivity contribution < 1.29 is 50.0 Å². The van der Waals surface area contributed by atoms with E-state index in [1.165, 1.54) is 12.1 Å². The minimum atomic E-state index is -5.13. The van der Waals surface area contributed by atoms with E-state index >= 15 is 0 Å². The van der Waals surface area contributed by atoms with Gasteiger partial charge in [-0.3, -0.25) is 4.79 Å². The average Bonchev–Trinajstić information content (AvgIpc) is 3.71. The van der Waals surface area contributed by atoms with Crippen molar-refractivity contribution in [3.63, 3.8) is 0 Å². The van der Waals surface area contributed by atoms with Crippen LogP contribution in [0.3, 0.4) is 0 Å². The quantitative estimate of drug-likeness (QED) is 0.229. The number of thioether (sulfide) groups is 1.